The van der Waals surface area contributed by atoms with Gasteiger partial charge in [-0.15, -0.1) is 0 Å². The van der Waals surface area contributed by atoms with Crippen molar-refractivity contribution in [3.63, 3.8) is 0 Å². The molecule has 0 aromatic heterocycles. The van der Waals surface area contributed by atoms with Crippen LogP contribution in [0.1, 0.15) is 18.4 Å². The number of nitrogens with one attached hydrogen (secondary N) is 1. The third kappa shape index (κ3) is 3.55. The topological polar surface area (TPSA) is 52.6 Å². The lowest BCUT2D eigenvalue weighted by molar-refractivity contribution is -0.122. The smallest absolute Gasteiger partial charge is 0.234 e. The minimum absolute atomic E-state index is 0.0270. The normalized spacial score (nSPS) is 19.9. The molecule has 0 aliphatic carbocycles. The fraction of sp³-hybridized carbons (Fsp3) is 0.500. The monoisotopic (exact) mass is 248 g/mol. The first-order valence-corrected chi connectivity index (χ1v) is 6.45. The molecule has 1 aromatic carbocycles. The molecule has 1 fully saturated rings. The van der Waals surface area contributed by atoms with E-state index in [0.717, 1.165) is 24.9 Å². The Morgan fingerprint density at radius 1 is 1.39 bits per heavy atom. The van der Waals surface area contributed by atoms with Gasteiger partial charge < -0.3 is 10.4 Å². The van der Waals surface area contributed by atoms with E-state index in [1.54, 1.807) is 0 Å². The molecule has 1 aromatic rings. The molecule has 1 saturated heterocycles. The number of carbonyl (C=O) groups is 1. The van der Waals surface area contributed by atoms with E-state index in [0.29, 0.717) is 13.1 Å². The highest BCUT2D eigenvalue weighted by atomic mass is 16.3. The summed E-state index contributed by atoms with van der Waals surface area (Å²) in [6, 6.07) is 10.0. The summed E-state index contributed by atoms with van der Waals surface area (Å²) < 4.78 is 0. The van der Waals surface area contributed by atoms with E-state index in [1.165, 1.54) is 0 Å². The number of benzene rings is 1. The summed E-state index contributed by atoms with van der Waals surface area (Å²) in [4.78, 5) is 13.9. The van der Waals surface area contributed by atoms with E-state index in [4.69, 9.17) is 0 Å². The molecule has 0 radical (unpaired) electrons. The summed E-state index contributed by atoms with van der Waals surface area (Å²) in [7, 11) is 0. The van der Waals surface area contributed by atoms with Crippen LogP contribution in [0.25, 0.3) is 0 Å². The van der Waals surface area contributed by atoms with Gasteiger partial charge in [-0.25, -0.2) is 0 Å². The highest BCUT2D eigenvalue weighted by Gasteiger charge is 2.25. The molecule has 1 aliphatic rings. The number of hydrogen-bond acceptors (Lipinski definition) is 3. The quantitative estimate of drug-likeness (QED) is 0.809. The maximum absolute atomic E-state index is 11.8. The molecule has 1 amide bonds. The molecule has 0 bridgehead atoms. The number of likely N-dealkylation sites (tertiary alicyclic amines) is 1. The van der Waals surface area contributed by atoms with Crippen LogP contribution >= 0.6 is 0 Å². The Labute approximate surface area is 108 Å². The number of aliphatic hydroxyl groups is 1. The molecule has 2 rings (SSSR count). The largest absolute Gasteiger partial charge is 0.395 e. The van der Waals surface area contributed by atoms with Crippen LogP contribution in [-0.2, 0) is 11.3 Å². The summed E-state index contributed by atoms with van der Waals surface area (Å²) in [5.74, 6) is 0.0270. The number of nitrogens with zero attached hydrogens (tertiary/aromatic N) is 1. The third-order valence-corrected chi connectivity index (χ3v) is 3.39. The van der Waals surface area contributed by atoms with Crippen LogP contribution in [0.4, 0.5) is 0 Å². The van der Waals surface area contributed by atoms with E-state index in [9.17, 15) is 9.90 Å². The molecule has 4 nitrogen and oxygen atoms in total. The van der Waals surface area contributed by atoms with Crippen molar-refractivity contribution in [1.82, 2.24) is 10.2 Å². The summed E-state index contributed by atoms with van der Waals surface area (Å²) >= 11 is 0. The molecule has 98 valence electrons. The summed E-state index contributed by atoms with van der Waals surface area (Å²) in [5.41, 5.74) is 1.10. The minimum Gasteiger partial charge on any atom is -0.395 e. The van der Waals surface area contributed by atoms with Crippen molar-refractivity contribution in [2.24, 2.45) is 0 Å². The predicted molar refractivity (Wildman–Crippen MR) is 70.0 cm³/mol. The Bertz CT molecular complexity index is 381. The van der Waals surface area contributed by atoms with Crippen LogP contribution in [0.2, 0.25) is 0 Å². The van der Waals surface area contributed by atoms with Gasteiger partial charge in [-0.3, -0.25) is 9.69 Å². The fourth-order valence-corrected chi connectivity index (χ4v) is 2.35. The van der Waals surface area contributed by atoms with Crippen LogP contribution in [0.15, 0.2) is 30.3 Å². The van der Waals surface area contributed by atoms with Crippen molar-refractivity contribution in [1.29, 1.82) is 0 Å². The second-order valence-electron chi connectivity index (χ2n) is 4.71. The molecule has 1 unspecified atom stereocenters. The molecule has 0 saturated carbocycles. The minimum atomic E-state index is 0.0270. The molecule has 2 N–H and O–H groups in total. The van der Waals surface area contributed by atoms with Crippen LogP contribution in [0.5, 0.6) is 0 Å². The first-order chi connectivity index (χ1) is 8.79. The van der Waals surface area contributed by atoms with Crippen molar-refractivity contribution in [3.05, 3.63) is 35.9 Å². The first kappa shape index (κ1) is 13.1. The SMILES string of the molecule is O=C(CN1CCCC1CO)NCc1ccccc1. The zero-order valence-electron chi connectivity index (χ0n) is 10.5. The first-order valence-electron chi connectivity index (χ1n) is 6.45. The molecular weight excluding hydrogens is 228 g/mol. The van der Waals surface area contributed by atoms with Crippen LogP contribution in [0.3, 0.4) is 0 Å². The number of hydrogen-bond donors (Lipinski definition) is 2. The van der Waals surface area contributed by atoms with Crippen molar-refractivity contribution >= 4 is 5.91 Å². The second kappa shape index (κ2) is 6.52. The third-order valence-electron chi connectivity index (χ3n) is 3.39. The summed E-state index contributed by atoms with van der Waals surface area (Å²) in [5, 5.41) is 12.1. The highest BCUT2D eigenvalue weighted by Crippen LogP contribution is 2.15. The lowest BCUT2D eigenvalue weighted by Gasteiger charge is -2.21. The average molecular weight is 248 g/mol. The van der Waals surface area contributed by atoms with Gasteiger partial charge >= 0.3 is 0 Å². The molecule has 0 spiro atoms. The van der Waals surface area contributed by atoms with Gasteiger partial charge in [-0.1, -0.05) is 30.3 Å². The lowest BCUT2D eigenvalue weighted by atomic mass is 10.2. The highest BCUT2D eigenvalue weighted by molar-refractivity contribution is 5.78. The van der Waals surface area contributed by atoms with Crippen molar-refractivity contribution in [2.45, 2.75) is 25.4 Å². The van der Waals surface area contributed by atoms with E-state index in [-0.39, 0.29) is 18.6 Å². The van der Waals surface area contributed by atoms with Crippen LogP contribution < -0.4 is 5.32 Å². The maximum Gasteiger partial charge on any atom is 0.234 e. The molecule has 1 heterocycles. The number of aliphatic hydroxyl groups excluding tert-OH is 1. The summed E-state index contributed by atoms with van der Waals surface area (Å²) in [6.07, 6.45) is 2.06. The van der Waals surface area contributed by atoms with Gasteiger partial charge in [0.25, 0.3) is 0 Å². The Kier molecular flexibility index (Phi) is 4.73. The van der Waals surface area contributed by atoms with Gasteiger partial charge in [-0.2, -0.15) is 0 Å². The Balaban J connectivity index is 1.75. The fourth-order valence-electron chi connectivity index (χ4n) is 2.35. The van der Waals surface area contributed by atoms with Gasteiger partial charge in [0.05, 0.1) is 13.2 Å². The van der Waals surface area contributed by atoms with Crippen LogP contribution in [0, 0.1) is 0 Å². The molecule has 1 aliphatic heterocycles. The lowest BCUT2D eigenvalue weighted by Crippen LogP contribution is -2.40. The Morgan fingerprint density at radius 3 is 2.89 bits per heavy atom. The van der Waals surface area contributed by atoms with Crippen LogP contribution in [-0.4, -0.2) is 41.7 Å². The second-order valence-corrected chi connectivity index (χ2v) is 4.71. The zero-order chi connectivity index (χ0) is 12.8. The maximum atomic E-state index is 11.8. The van der Waals surface area contributed by atoms with Gasteiger partial charge in [-0.05, 0) is 24.9 Å². The zero-order valence-corrected chi connectivity index (χ0v) is 10.5. The van der Waals surface area contributed by atoms with Crippen molar-refractivity contribution in [3.8, 4) is 0 Å². The van der Waals surface area contributed by atoms with Gasteiger partial charge in [0.15, 0.2) is 0 Å². The predicted octanol–water partition coefficient (Wildman–Crippen LogP) is 0.760. The molecule has 18 heavy (non-hydrogen) atoms. The summed E-state index contributed by atoms with van der Waals surface area (Å²) in [6.45, 7) is 2.01. The van der Waals surface area contributed by atoms with Gasteiger partial charge in [0.2, 0.25) is 5.91 Å². The molecule has 1 atom stereocenters. The standard InChI is InChI=1S/C14H20N2O2/c17-11-13-7-4-8-16(13)10-14(18)15-9-12-5-2-1-3-6-12/h1-3,5-6,13,17H,4,7-11H2,(H,15,18). The Morgan fingerprint density at radius 2 is 2.17 bits per heavy atom. The number of carbonyl (C=O) groups excluding carboxylic acids is 1. The van der Waals surface area contributed by atoms with E-state index in [1.807, 2.05) is 30.3 Å². The van der Waals surface area contributed by atoms with Crippen molar-refractivity contribution < 1.29 is 9.90 Å². The Hall–Kier alpha value is -1.39. The van der Waals surface area contributed by atoms with E-state index < -0.39 is 0 Å². The van der Waals surface area contributed by atoms with E-state index in [2.05, 4.69) is 10.2 Å². The van der Waals surface area contributed by atoms with Crippen molar-refractivity contribution in [2.75, 3.05) is 19.7 Å². The number of amides is 1. The number of rotatable bonds is 5. The van der Waals surface area contributed by atoms with E-state index >= 15 is 0 Å². The van der Waals surface area contributed by atoms with Gasteiger partial charge in [0, 0.05) is 12.6 Å². The molecular formula is C14H20N2O2. The average Bonchev–Trinajstić information content (AvgIpc) is 2.85. The molecule has 4 heteroatoms. The van der Waals surface area contributed by atoms with Gasteiger partial charge in [0.1, 0.15) is 0 Å².